The van der Waals surface area contributed by atoms with E-state index in [1.807, 2.05) is 31.2 Å². The molecule has 20 heavy (non-hydrogen) atoms. The Morgan fingerprint density at radius 3 is 2.50 bits per heavy atom. The van der Waals surface area contributed by atoms with E-state index in [2.05, 4.69) is 0 Å². The number of hydrogen-bond acceptors (Lipinski definition) is 2. The Morgan fingerprint density at radius 2 is 1.90 bits per heavy atom. The molecule has 2 aromatic carbocycles. The number of aliphatic hydroxyl groups is 1. The third-order valence-electron chi connectivity index (χ3n) is 3.08. The predicted octanol–water partition coefficient (Wildman–Crippen LogP) is 4.93. The summed E-state index contributed by atoms with van der Waals surface area (Å²) in [6.07, 6.45) is -0.478. The van der Waals surface area contributed by atoms with Crippen molar-refractivity contribution in [1.29, 1.82) is 0 Å². The van der Waals surface area contributed by atoms with E-state index in [1.165, 1.54) is 0 Å². The highest BCUT2D eigenvalue weighted by molar-refractivity contribution is 6.35. The van der Waals surface area contributed by atoms with Gasteiger partial charge in [0.2, 0.25) is 0 Å². The summed E-state index contributed by atoms with van der Waals surface area (Å²) in [5.41, 5.74) is 2.74. The van der Waals surface area contributed by atoms with E-state index in [0.29, 0.717) is 16.7 Å². The maximum atomic E-state index is 9.54. The number of hydrogen-bond donors (Lipinski definition) is 1. The van der Waals surface area contributed by atoms with E-state index in [0.717, 1.165) is 22.4 Å². The largest absolute Gasteiger partial charge is 0.489 e. The summed E-state index contributed by atoms with van der Waals surface area (Å²) in [5, 5.41) is 10.7. The SMILES string of the molecule is Cc1cc([C@@H](C)O)ccc1OCc1ccc(Cl)cc1Cl. The Bertz CT molecular complexity index is 609. The zero-order valence-corrected chi connectivity index (χ0v) is 12.9. The van der Waals surface area contributed by atoms with Crippen molar-refractivity contribution in [3.8, 4) is 5.75 Å². The fraction of sp³-hybridized carbons (Fsp3) is 0.250. The Kier molecular flexibility index (Phi) is 4.92. The number of rotatable bonds is 4. The summed E-state index contributed by atoms with van der Waals surface area (Å²) in [7, 11) is 0. The summed E-state index contributed by atoms with van der Waals surface area (Å²) < 4.78 is 5.77. The van der Waals surface area contributed by atoms with Gasteiger partial charge in [-0.15, -0.1) is 0 Å². The van der Waals surface area contributed by atoms with Crippen molar-refractivity contribution >= 4 is 23.2 Å². The van der Waals surface area contributed by atoms with Gasteiger partial charge in [-0.2, -0.15) is 0 Å². The molecule has 0 aliphatic rings. The molecule has 0 aromatic heterocycles. The van der Waals surface area contributed by atoms with Crippen LogP contribution < -0.4 is 4.74 Å². The molecular weight excluding hydrogens is 295 g/mol. The number of aryl methyl sites for hydroxylation is 1. The Hall–Kier alpha value is -1.22. The third kappa shape index (κ3) is 3.66. The average Bonchev–Trinajstić information content (AvgIpc) is 2.38. The molecule has 1 atom stereocenters. The number of benzene rings is 2. The number of aliphatic hydroxyl groups excluding tert-OH is 1. The van der Waals surface area contributed by atoms with Gasteiger partial charge in [-0.3, -0.25) is 0 Å². The van der Waals surface area contributed by atoms with E-state index >= 15 is 0 Å². The highest BCUT2D eigenvalue weighted by Gasteiger charge is 2.07. The first-order valence-corrected chi connectivity index (χ1v) is 7.08. The van der Waals surface area contributed by atoms with Crippen molar-refractivity contribution in [2.75, 3.05) is 0 Å². The maximum Gasteiger partial charge on any atom is 0.122 e. The lowest BCUT2D eigenvalue weighted by atomic mass is 10.1. The summed E-state index contributed by atoms with van der Waals surface area (Å²) >= 11 is 12.0. The fourth-order valence-corrected chi connectivity index (χ4v) is 2.35. The van der Waals surface area contributed by atoms with Crippen molar-refractivity contribution in [2.45, 2.75) is 26.6 Å². The summed E-state index contributed by atoms with van der Waals surface area (Å²) in [6, 6.07) is 11.0. The van der Waals surface area contributed by atoms with Crippen molar-refractivity contribution in [1.82, 2.24) is 0 Å². The van der Waals surface area contributed by atoms with E-state index in [1.54, 1.807) is 19.1 Å². The summed E-state index contributed by atoms with van der Waals surface area (Å²) in [5.74, 6) is 0.778. The minimum absolute atomic E-state index is 0.380. The van der Waals surface area contributed by atoms with Crippen LogP contribution in [0.1, 0.15) is 29.7 Å². The minimum Gasteiger partial charge on any atom is -0.489 e. The molecule has 106 valence electrons. The van der Waals surface area contributed by atoms with Crippen LogP contribution in [0.5, 0.6) is 5.75 Å². The van der Waals surface area contributed by atoms with Gasteiger partial charge in [-0.1, -0.05) is 35.3 Å². The maximum absolute atomic E-state index is 9.54. The summed E-state index contributed by atoms with van der Waals surface area (Å²) in [4.78, 5) is 0. The third-order valence-corrected chi connectivity index (χ3v) is 3.67. The van der Waals surface area contributed by atoms with Crippen LogP contribution in [0.4, 0.5) is 0 Å². The van der Waals surface area contributed by atoms with Crippen LogP contribution in [0, 0.1) is 6.92 Å². The van der Waals surface area contributed by atoms with E-state index in [4.69, 9.17) is 27.9 Å². The molecule has 0 aliphatic carbocycles. The minimum atomic E-state index is -0.478. The highest BCUT2D eigenvalue weighted by atomic mass is 35.5. The van der Waals surface area contributed by atoms with Gasteiger partial charge in [-0.05, 0) is 49.2 Å². The van der Waals surface area contributed by atoms with E-state index in [9.17, 15) is 5.11 Å². The van der Waals surface area contributed by atoms with Gasteiger partial charge >= 0.3 is 0 Å². The first-order chi connectivity index (χ1) is 9.47. The quantitative estimate of drug-likeness (QED) is 0.867. The van der Waals surface area contributed by atoms with Crippen LogP contribution in [0.25, 0.3) is 0 Å². The van der Waals surface area contributed by atoms with Gasteiger partial charge in [0.25, 0.3) is 0 Å². The molecule has 0 radical (unpaired) electrons. The van der Waals surface area contributed by atoms with E-state index < -0.39 is 6.10 Å². The van der Waals surface area contributed by atoms with Crippen LogP contribution in [-0.2, 0) is 6.61 Å². The highest BCUT2D eigenvalue weighted by Crippen LogP contribution is 2.26. The molecule has 0 amide bonds. The Balaban J connectivity index is 2.11. The second-order valence-corrected chi connectivity index (χ2v) is 5.57. The van der Waals surface area contributed by atoms with Crippen molar-refractivity contribution in [2.24, 2.45) is 0 Å². The molecule has 0 saturated carbocycles. The smallest absolute Gasteiger partial charge is 0.122 e. The van der Waals surface area contributed by atoms with Gasteiger partial charge in [0.05, 0.1) is 6.10 Å². The van der Waals surface area contributed by atoms with Crippen LogP contribution in [-0.4, -0.2) is 5.11 Å². The molecule has 1 N–H and O–H groups in total. The van der Waals surface area contributed by atoms with Crippen LogP contribution in [0.3, 0.4) is 0 Å². The topological polar surface area (TPSA) is 29.5 Å². The van der Waals surface area contributed by atoms with Crippen LogP contribution >= 0.6 is 23.2 Å². The molecule has 0 heterocycles. The van der Waals surface area contributed by atoms with Crippen LogP contribution in [0.15, 0.2) is 36.4 Å². The van der Waals surface area contributed by atoms with Gasteiger partial charge in [0.15, 0.2) is 0 Å². The van der Waals surface area contributed by atoms with E-state index in [-0.39, 0.29) is 0 Å². The molecule has 2 aromatic rings. The van der Waals surface area contributed by atoms with Crippen molar-refractivity contribution in [3.05, 3.63) is 63.1 Å². The normalized spacial score (nSPS) is 12.2. The van der Waals surface area contributed by atoms with Gasteiger partial charge in [0, 0.05) is 15.6 Å². The lowest BCUT2D eigenvalue weighted by molar-refractivity contribution is 0.199. The lowest BCUT2D eigenvalue weighted by Gasteiger charge is -2.12. The number of halogens is 2. The molecule has 0 aliphatic heterocycles. The molecule has 0 fully saturated rings. The van der Waals surface area contributed by atoms with Gasteiger partial charge in [0.1, 0.15) is 12.4 Å². The second kappa shape index (κ2) is 6.49. The zero-order valence-electron chi connectivity index (χ0n) is 11.4. The molecule has 0 unspecified atom stereocenters. The zero-order chi connectivity index (χ0) is 14.7. The van der Waals surface area contributed by atoms with Crippen molar-refractivity contribution < 1.29 is 9.84 Å². The standard InChI is InChI=1S/C16H16Cl2O2/c1-10-7-12(11(2)19)4-6-16(10)20-9-13-3-5-14(17)8-15(13)18/h3-8,11,19H,9H2,1-2H3/t11-/m1/s1. The van der Waals surface area contributed by atoms with Gasteiger partial charge in [-0.25, -0.2) is 0 Å². The second-order valence-electron chi connectivity index (χ2n) is 4.73. The van der Waals surface area contributed by atoms with Crippen LogP contribution in [0.2, 0.25) is 10.0 Å². The molecule has 4 heteroatoms. The molecule has 2 rings (SSSR count). The molecule has 0 bridgehead atoms. The lowest BCUT2D eigenvalue weighted by Crippen LogP contribution is -1.99. The fourth-order valence-electron chi connectivity index (χ4n) is 1.89. The molecular formula is C16H16Cl2O2. The average molecular weight is 311 g/mol. The Morgan fingerprint density at radius 1 is 1.15 bits per heavy atom. The first-order valence-electron chi connectivity index (χ1n) is 6.32. The molecule has 0 spiro atoms. The Labute approximate surface area is 128 Å². The molecule has 0 saturated heterocycles. The van der Waals surface area contributed by atoms with Crippen molar-refractivity contribution in [3.63, 3.8) is 0 Å². The van der Waals surface area contributed by atoms with Gasteiger partial charge < -0.3 is 9.84 Å². The monoisotopic (exact) mass is 310 g/mol. The first kappa shape index (κ1) is 15.2. The summed E-state index contributed by atoms with van der Waals surface area (Å²) in [6.45, 7) is 4.07. The predicted molar refractivity (Wildman–Crippen MR) is 82.6 cm³/mol. The molecule has 2 nitrogen and oxygen atoms in total. The number of ether oxygens (including phenoxy) is 1.